The van der Waals surface area contributed by atoms with Gasteiger partial charge in [-0.1, -0.05) is 19.9 Å². The Hall–Kier alpha value is -1.70. The number of carbonyl (C=O) groups is 1. The SMILES string of the molecule is CC(C)CN(C)C(=O)c1cccc(S(=O)(=O)N2CCc3sccc3C2)c1. The van der Waals surface area contributed by atoms with E-state index in [0.29, 0.717) is 31.1 Å². The van der Waals surface area contributed by atoms with Gasteiger partial charge in [-0.2, -0.15) is 4.31 Å². The lowest BCUT2D eigenvalue weighted by atomic mass is 10.1. The van der Waals surface area contributed by atoms with Gasteiger partial charge in [0.1, 0.15) is 0 Å². The lowest BCUT2D eigenvalue weighted by Gasteiger charge is -2.26. The predicted molar refractivity (Wildman–Crippen MR) is 104 cm³/mol. The molecule has 2 heterocycles. The van der Waals surface area contributed by atoms with E-state index in [-0.39, 0.29) is 10.8 Å². The monoisotopic (exact) mass is 392 g/mol. The zero-order chi connectivity index (χ0) is 18.9. The van der Waals surface area contributed by atoms with Crippen LogP contribution in [0.4, 0.5) is 0 Å². The van der Waals surface area contributed by atoms with Gasteiger partial charge in [-0.15, -0.1) is 11.3 Å². The summed E-state index contributed by atoms with van der Waals surface area (Å²) in [6.45, 7) is 5.58. The van der Waals surface area contributed by atoms with Gasteiger partial charge in [0, 0.05) is 37.1 Å². The van der Waals surface area contributed by atoms with Crippen molar-refractivity contribution in [3.8, 4) is 0 Å². The van der Waals surface area contributed by atoms with Gasteiger partial charge >= 0.3 is 0 Å². The van der Waals surface area contributed by atoms with E-state index in [0.717, 1.165) is 12.0 Å². The molecule has 0 N–H and O–H groups in total. The first-order valence-electron chi connectivity index (χ1n) is 8.70. The number of carbonyl (C=O) groups excluding carboxylic acids is 1. The van der Waals surface area contributed by atoms with Crippen LogP contribution in [-0.4, -0.2) is 43.7 Å². The molecule has 7 heteroatoms. The van der Waals surface area contributed by atoms with Gasteiger partial charge in [0.2, 0.25) is 10.0 Å². The minimum Gasteiger partial charge on any atom is -0.341 e. The standard InChI is InChI=1S/C19H24N2O3S2/c1-14(2)12-20(3)19(22)15-5-4-6-17(11-15)26(23,24)21-9-7-18-16(13-21)8-10-25-18/h4-6,8,10-11,14H,7,9,12-13H2,1-3H3. The highest BCUT2D eigenvalue weighted by Gasteiger charge is 2.29. The van der Waals surface area contributed by atoms with E-state index < -0.39 is 10.0 Å². The van der Waals surface area contributed by atoms with E-state index in [1.54, 1.807) is 41.5 Å². The summed E-state index contributed by atoms with van der Waals surface area (Å²) in [5.41, 5.74) is 1.48. The third-order valence-electron chi connectivity index (χ3n) is 4.48. The molecular formula is C19H24N2O3S2. The van der Waals surface area contributed by atoms with Crippen molar-refractivity contribution in [1.82, 2.24) is 9.21 Å². The molecule has 0 unspecified atom stereocenters. The van der Waals surface area contributed by atoms with E-state index in [9.17, 15) is 13.2 Å². The summed E-state index contributed by atoms with van der Waals surface area (Å²) in [6.07, 6.45) is 0.738. The molecule has 0 radical (unpaired) electrons. The van der Waals surface area contributed by atoms with Crippen LogP contribution in [0.2, 0.25) is 0 Å². The number of rotatable bonds is 5. The lowest BCUT2D eigenvalue weighted by Crippen LogP contribution is -2.35. The van der Waals surface area contributed by atoms with Crippen LogP contribution in [0.15, 0.2) is 40.6 Å². The highest BCUT2D eigenvalue weighted by Crippen LogP contribution is 2.28. The summed E-state index contributed by atoms with van der Waals surface area (Å²) in [4.78, 5) is 15.7. The maximum Gasteiger partial charge on any atom is 0.253 e. The molecule has 0 saturated heterocycles. The van der Waals surface area contributed by atoms with Crippen molar-refractivity contribution >= 4 is 27.3 Å². The van der Waals surface area contributed by atoms with E-state index in [4.69, 9.17) is 0 Å². The van der Waals surface area contributed by atoms with Gasteiger partial charge in [0.25, 0.3) is 5.91 Å². The summed E-state index contributed by atoms with van der Waals surface area (Å²) < 4.78 is 27.6. The second-order valence-corrected chi connectivity index (χ2v) is 10.0. The molecule has 0 bridgehead atoms. The second kappa shape index (κ2) is 7.50. The van der Waals surface area contributed by atoms with Gasteiger partial charge in [-0.3, -0.25) is 4.79 Å². The second-order valence-electron chi connectivity index (χ2n) is 7.06. The maximum absolute atomic E-state index is 13.0. The first-order chi connectivity index (χ1) is 12.3. The fraction of sp³-hybridized carbons (Fsp3) is 0.421. The minimum absolute atomic E-state index is 0.158. The molecule has 1 amide bonds. The number of hydrogen-bond acceptors (Lipinski definition) is 4. The van der Waals surface area contributed by atoms with Crippen LogP contribution in [-0.2, 0) is 23.0 Å². The number of nitrogens with zero attached hydrogens (tertiary/aromatic N) is 2. The van der Waals surface area contributed by atoms with Crippen molar-refractivity contribution in [2.24, 2.45) is 5.92 Å². The van der Waals surface area contributed by atoms with Crippen molar-refractivity contribution in [2.45, 2.75) is 31.7 Å². The molecule has 0 aliphatic carbocycles. The topological polar surface area (TPSA) is 57.7 Å². The number of amides is 1. The zero-order valence-corrected chi connectivity index (χ0v) is 16.9. The molecule has 1 aliphatic heterocycles. The fourth-order valence-corrected chi connectivity index (χ4v) is 5.57. The highest BCUT2D eigenvalue weighted by molar-refractivity contribution is 7.89. The summed E-state index contributed by atoms with van der Waals surface area (Å²) in [5.74, 6) is 0.193. The Bertz CT molecular complexity index is 903. The molecule has 1 aromatic carbocycles. The van der Waals surface area contributed by atoms with E-state index in [1.165, 1.54) is 15.2 Å². The van der Waals surface area contributed by atoms with Crippen LogP contribution in [0.1, 0.15) is 34.6 Å². The smallest absolute Gasteiger partial charge is 0.253 e. The highest BCUT2D eigenvalue weighted by atomic mass is 32.2. The van der Waals surface area contributed by atoms with Crippen molar-refractivity contribution < 1.29 is 13.2 Å². The van der Waals surface area contributed by atoms with E-state index in [2.05, 4.69) is 0 Å². The zero-order valence-electron chi connectivity index (χ0n) is 15.3. The van der Waals surface area contributed by atoms with Crippen molar-refractivity contribution in [1.29, 1.82) is 0 Å². The molecule has 140 valence electrons. The number of thiophene rings is 1. The fourth-order valence-electron chi connectivity index (χ4n) is 3.22. The van der Waals surface area contributed by atoms with Crippen LogP contribution in [0.25, 0.3) is 0 Å². The minimum atomic E-state index is -3.62. The van der Waals surface area contributed by atoms with Gasteiger partial charge in [0.15, 0.2) is 0 Å². The summed E-state index contributed by atoms with van der Waals surface area (Å²) in [5, 5.41) is 2.00. The molecule has 5 nitrogen and oxygen atoms in total. The molecule has 1 aromatic heterocycles. The first-order valence-corrected chi connectivity index (χ1v) is 11.0. The van der Waals surface area contributed by atoms with Gasteiger partial charge in [0.05, 0.1) is 4.90 Å². The van der Waals surface area contributed by atoms with Crippen LogP contribution in [0, 0.1) is 5.92 Å². The van der Waals surface area contributed by atoms with Gasteiger partial charge in [-0.25, -0.2) is 8.42 Å². The average Bonchev–Trinajstić information content (AvgIpc) is 3.08. The van der Waals surface area contributed by atoms with Crippen molar-refractivity contribution in [3.05, 3.63) is 51.7 Å². The van der Waals surface area contributed by atoms with Crippen LogP contribution >= 0.6 is 11.3 Å². The first kappa shape index (κ1) is 19.1. The molecule has 3 rings (SSSR count). The molecule has 2 aromatic rings. The molecule has 0 atom stereocenters. The predicted octanol–water partition coefficient (Wildman–Crippen LogP) is 3.22. The number of fused-ring (bicyclic) bond motifs is 1. The Labute approximate surface area is 159 Å². The molecule has 1 aliphatic rings. The molecule has 0 fully saturated rings. The third kappa shape index (κ3) is 3.84. The quantitative estimate of drug-likeness (QED) is 0.785. The third-order valence-corrected chi connectivity index (χ3v) is 7.34. The Morgan fingerprint density at radius 3 is 2.81 bits per heavy atom. The molecule has 0 saturated carbocycles. The maximum atomic E-state index is 13.0. The van der Waals surface area contributed by atoms with Gasteiger partial charge in [-0.05, 0) is 47.5 Å². The Kier molecular flexibility index (Phi) is 5.50. The normalized spacial score (nSPS) is 15.1. The average molecular weight is 393 g/mol. The molecule has 0 spiro atoms. The summed E-state index contributed by atoms with van der Waals surface area (Å²) in [6, 6.07) is 8.37. The number of sulfonamides is 1. The van der Waals surface area contributed by atoms with E-state index >= 15 is 0 Å². The van der Waals surface area contributed by atoms with Crippen molar-refractivity contribution in [3.63, 3.8) is 0 Å². The van der Waals surface area contributed by atoms with E-state index in [1.807, 2.05) is 25.3 Å². The Balaban J connectivity index is 1.84. The molecular weight excluding hydrogens is 368 g/mol. The lowest BCUT2D eigenvalue weighted by molar-refractivity contribution is 0.0779. The van der Waals surface area contributed by atoms with Crippen LogP contribution in [0.5, 0.6) is 0 Å². The Morgan fingerprint density at radius 1 is 1.31 bits per heavy atom. The van der Waals surface area contributed by atoms with Gasteiger partial charge < -0.3 is 4.90 Å². The van der Waals surface area contributed by atoms with Crippen LogP contribution < -0.4 is 0 Å². The van der Waals surface area contributed by atoms with Crippen LogP contribution in [0.3, 0.4) is 0 Å². The largest absolute Gasteiger partial charge is 0.341 e. The molecule has 26 heavy (non-hydrogen) atoms. The Morgan fingerprint density at radius 2 is 2.08 bits per heavy atom. The summed E-state index contributed by atoms with van der Waals surface area (Å²) in [7, 11) is -1.88. The number of hydrogen-bond donors (Lipinski definition) is 0. The van der Waals surface area contributed by atoms with Crippen molar-refractivity contribution in [2.75, 3.05) is 20.1 Å². The summed E-state index contributed by atoms with van der Waals surface area (Å²) >= 11 is 1.68. The number of benzene rings is 1.